The third-order valence-electron chi connectivity index (χ3n) is 4.14. The Hall–Kier alpha value is -2.86. The van der Waals surface area contributed by atoms with E-state index in [-0.39, 0.29) is 5.91 Å². The molecule has 0 fully saturated rings. The molecule has 0 saturated carbocycles. The summed E-state index contributed by atoms with van der Waals surface area (Å²) in [5.74, 6) is 0.683. The van der Waals surface area contributed by atoms with Gasteiger partial charge in [-0.1, -0.05) is 32.0 Å². The molecule has 0 aliphatic carbocycles. The molecule has 0 spiro atoms. The monoisotopic (exact) mass is 367 g/mol. The number of benzene rings is 1. The van der Waals surface area contributed by atoms with E-state index in [1.54, 1.807) is 25.4 Å². The lowest BCUT2D eigenvalue weighted by atomic mass is 10.1. The largest absolute Gasteiger partial charge is 0.474 e. The Morgan fingerprint density at radius 2 is 2.00 bits per heavy atom. The third kappa shape index (κ3) is 4.46. The number of hydrogen-bond acceptors (Lipinski definition) is 4. The van der Waals surface area contributed by atoms with E-state index < -0.39 is 0 Å². The summed E-state index contributed by atoms with van der Waals surface area (Å²) in [6, 6.07) is 11.5. The number of methoxy groups -OCH3 is 1. The first-order chi connectivity index (χ1) is 13.1. The highest BCUT2D eigenvalue weighted by Crippen LogP contribution is 2.26. The molecule has 0 bridgehead atoms. The number of fused-ring (bicyclic) bond motifs is 1. The third-order valence-corrected chi connectivity index (χ3v) is 4.14. The molecular weight excluding hydrogens is 342 g/mol. The summed E-state index contributed by atoms with van der Waals surface area (Å²) in [4.78, 5) is 17.2. The van der Waals surface area contributed by atoms with Gasteiger partial charge < -0.3 is 19.4 Å². The van der Waals surface area contributed by atoms with Gasteiger partial charge in [0, 0.05) is 37.0 Å². The van der Waals surface area contributed by atoms with Gasteiger partial charge in [0.15, 0.2) is 0 Å². The molecule has 27 heavy (non-hydrogen) atoms. The SMILES string of the molecule is COCCOc1ncccc1NC(=O)c1cn(CC(C)C)c2ccccc12. The lowest BCUT2D eigenvalue weighted by Crippen LogP contribution is -2.14. The Morgan fingerprint density at radius 1 is 1.19 bits per heavy atom. The average molecular weight is 367 g/mol. The zero-order valence-electron chi connectivity index (χ0n) is 15.9. The van der Waals surface area contributed by atoms with Gasteiger partial charge >= 0.3 is 0 Å². The Balaban J connectivity index is 1.87. The summed E-state index contributed by atoms with van der Waals surface area (Å²) in [5, 5.41) is 3.86. The second kappa shape index (κ2) is 8.68. The second-order valence-electron chi connectivity index (χ2n) is 6.76. The Kier molecular flexibility index (Phi) is 6.08. The minimum absolute atomic E-state index is 0.182. The van der Waals surface area contributed by atoms with Crippen LogP contribution < -0.4 is 10.1 Å². The predicted molar refractivity (Wildman–Crippen MR) is 106 cm³/mol. The van der Waals surface area contributed by atoms with Crippen LogP contribution in [0.3, 0.4) is 0 Å². The van der Waals surface area contributed by atoms with Crippen molar-refractivity contribution in [3.05, 3.63) is 54.4 Å². The molecule has 142 valence electrons. The highest BCUT2D eigenvalue weighted by molar-refractivity contribution is 6.13. The van der Waals surface area contributed by atoms with Gasteiger partial charge in [-0.3, -0.25) is 4.79 Å². The first kappa shape index (κ1) is 18.9. The number of aromatic nitrogens is 2. The number of anilines is 1. The number of nitrogens with zero attached hydrogens (tertiary/aromatic N) is 2. The van der Waals surface area contributed by atoms with Crippen molar-refractivity contribution in [3.63, 3.8) is 0 Å². The maximum absolute atomic E-state index is 13.0. The average Bonchev–Trinajstić information content (AvgIpc) is 3.01. The van der Waals surface area contributed by atoms with Crippen LogP contribution in [0.15, 0.2) is 48.8 Å². The van der Waals surface area contributed by atoms with Crippen LogP contribution in [-0.2, 0) is 11.3 Å². The van der Waals surface area contributed by atoms with E-state index in [1.807, 2.05) is 30.5 Å². The van der Waals surface area contributed by atoms with Gasteiger partial charge in [-0.2, -0.15) is 0 Å². The first-order valence-corrected chi connectivity index (χ1v) is 9.06. The topological polar surface area (TPSA) is 65.4 Å². The smallest absolute Gasteiger partial charge is 0.257 e. The second-order valence-corrected chi connectivity index (χ2v) is 6.76. The fourth-order valence-electron chi connectivity index (χ4n) is 2.98. The van der Waals surface area contributed by atoms with Crippen LogP contribution in [0.1, 0.15) is 24.2 Å². The quantitative estimate of drug-likeness (QED) is 0.612. The molecule has 0 radical (unpaired) electrons. The summed E-state index contributed by atoms with van der Waals surface area (Å²) in [7, 11) is 1.61. The van der Waals surface area contributed by atoms with Crippen molar-refractivity contribution < 1.29 is 14.3 Å². The van der Waals surface area contributed by atoms with Crippen molar-refractivity contribution in [2.24, 2.45) is 5.92 Å². The fourth-order valence-corrected chi connectivity index (χ4v) is 2.98. The minimum atomic E-state index is -0.182. The summed E-state index contributed by atoms with van der Waals surface area (Å²) in [5.41, 5.74) is 2.23. The number of carbonyl (C=O) groups excluding carboxylic acids is 1. The normalized spacial score (nSPS) is 11.1. The van der Waals surface area contributed by atoms with Gasteiger partial charge in [0.05, 0.1) is 12.2 Å². The maximum Gasteiger partial charge on any atom is 0.257 e. The summed E-state index contributed by atoms with van der Waals surface area (Å²) in [6.45, 7) is 5.99. The van der Waals surface area contributed by atoms with Crippen molar-refractivity contribution in [2.45, 2.75) is 20.4 Å². The highest BCUT2D eigenvalue weighted by Gasteiger charge is 2.17. The Bertz CT molecular complexity index is 918. The van der Waals surface area contributed by atoms with Crippen LogP contribution in [0.2, 0.25) is 0 Å². The molecular formula is C21H25N3O3. The number of carbonyl (C=O) groups is 1. The van der Waals surface area contributed by atoms with Crippen LogP contribution in [0.4, 0.5) is 5.69 Å². The molecule has 3 rings (SSSR count). The number of para-hydroxylation sites is 1. The molecule has 6 heteroatoms. The molecule has 3 aromatic rings. The van der Waals surface area contributed by atoms with Gasteiger partial charge in [0.25, 0.3) is 5.91 Å². The molecule has 2 heterocycles. The van der Waals surface area contributed by atoms with Crippen LogP contribution in [-0.4, -0.2) is 35.8 Å². The minimum Gasteiger partial charge on any atom is -0.474 e. The lowest BCUT2D eigenvalue weighted by Gasteiger charge is -2.10. The van der Waals surface area contributed by atoms with E-state index in [1.165, 1.54) is 0 Å². The van der Waals surface area contributed by atoms with Gasteiger partial charge in [-0.25, -0.2) is 4.98 Å². The van der Waals surface area contributed by atoms with E-state index >= 15 is 0 Å². The molecule has 0 atom stereocenters. The Morgan fingerprint density at radius 3 is 2.78 bits per heavy atom. The van der Waals surface area contributed by atoms with Crippen LogP contribution in [0, 0.1) is 5.92 Å². The number of amides is 1. The molecule has 1 aromatic carbocycles. The van der Waals surface area contributed by atoms with Gasteiger partial charge in [0.2, 0.25) is 5.88 Å². The highest BCUT2D eigenvalue weighted by atomic mass is 16.5. The van der Waals surface area contributed by atoms with E-state index in [4.69, 9.17) is 9.47 Å². The molecule has 0 aliphatic rings. The number of rotatable bonds is 8. The van der Waals surface area contributed by atoms with Crippen molar-refractivity contribution >= 4 is 22.5 Å². The molecule has 1 N–H and O–H groups in total. The van der Waals surface area contributed by atoms with Crippen LogP contribution in [0.25, 0.3) is 10.9 Å². The van der Waals surface area contributed by atoms with Crippen molar-refractivity contribution in [1.82, 2.24) is 9.55 Å². The van der Waals surface area contributed by atoms with Gasteiger partial charge in [0.1, 0.15) is 12.3 Å². The zero-order valence-corrected chi connectivity index (χ0v) is 15.9. The Labute approximate surface area is 159 Å². The van der Waals surface area contributed by atoms with E-state index in [2.05, 4.69) is 28.7 Å². The molecule has 0 saturated heterocycles. The summed E-state index contributed by atoms with van der Waals surface area (Å²) in [6.07, 6.45) is 3.55. The summed E-state index contributed by atoms with van der Waals surface area (Å²) < 4.78 is 12.7. The predicted octanol–water partition coefficient (Wildman–Crippen LogP) is 3.97. The van der Waals surface area contributed by atoms with Crippen LogP contribution in [0.5, 0.6) is 5.88 Å². The van der Waals surface area contributed by atoms with Crippen LogP contribution >= 0.6 is 0 Å². The van der Waals surface area contributed by atoms with E-state index in [0.717, 1.165) is 17.4 Å². The number of pyridine rings is 1. The first-order valence-electron chi connectivity index (χ1n) is 9.06. The molecule has 2 aromatic heterocycles. The summed E-state index contributed by atoms with van der Waals surface area (Å²) >= 11 is 0. The van der Waals surface area contributed by atoms with Crippen molar-refractivity contribution in [1.29, 1.82) is 0 Å². The number of ether oxygens (including phenoxy) is 2. The zero-order chi connectivity index (χ0) is 19.2. The number of hydrogen-bond donors (Lipinski definition) is 1. The number of nitrogens with one attached hydrogen (secondary N) is 1. The lowest BCUT2D eigenvalue weighted by molar-refractivity contribution is 0.102. The molecule has 0 aliphatic heterocycles. The van der Waals surface area contributed by atoms with E-state index in [0.29, 0.717) is 36.3 Å². The fraction of sp³-hybridized carbons (Fsp3) is 0.333. The van der Waals surface area contributed by atoms with Crippen molar-refractivity contribution in [2.75, 3.05) is 25.6 Å². The van der Waals surface area contributed by atoms with E-state index in [9.17, 15) is 4.79 Å². The maximum atomic E-state index is 13.0. The van der Waals surface area contributed by atoms with Crippen molar-refractivity contribution in [3.8, 4) is 5.88 Å². The standard InChI is InChI=1S/C21H25N3O3/c1-15(2)13-24-14-17(16-7-4-5-9-19(16)24)20(25)23-18-8-6-10-22-21(18)27-12-11-26-3/h4-10,14-15H,11-13H2,1-3H3,(H,23,25). The molecule has 0 unspecified atom stereocenters. The molecule has 1 amide bonds. The van der Waals surface area contributed by atoms with Gasteiger partial charge in [-0.15, -0.1) is 0 Å². The molecule has 6 nitrogen and oxygen atoms in total. The van der Waals surface area contributed by atoms with Gasteiger partial charge in [-0.05, 0) is 24.1 Å².